The standard InChI is InChI=1S/C17H30F3N5.HI/c1-2-21-16(22-11-15-12-24-6-8-25(15)9-7-24)23-14-5-3-4-13(10-14)17(18,19)20;/h13-15H,2-12H2,1H3,(H2,21,22,23);1H. The van der Waals surface area contributed by atoms with Crippen LogP contribution in [0.15, 0.2) is 4.99 Å². The molecule has 152 valence electrons. The van der Waals surface area contributed by atoms with Gasteiger partial charge in [-0.2, -0.15) is 13.2 Å². The van der Waals surface area contributed by atoms with Crippen molar-refractivity contribution < 1.29 is 13.2 Å². The fourth-order valence-electron chi connectivity index (χ4n) is 4.23. The van der Waals surface area contributed by atoms with Crippen molar-refractivity contribution in [1.29, 1.82) is 0 Å². The van der Waals surface area contributed by atoms with Gasteiger partial charge in [0.15, 0.2) is 5.96 Å². The summed E-state index contributed by atoms with van der Waals surface area (Å²) >= 11 is 0. The number of piperazine rings is 3. The Morgan fingerprint density at radius 1 is 1.15 bits per heavy atom. The Balaban J connectivity index is 0.00000243. The molecule has 0 aromatic heterocycles. The molecule has 26 heavy (non-hydrogen) atoms. The van der Waals surface area contributed by atoms with Gasteiger partial charge in [-0.25, -0.2) is 0 Å². The maximum atomic E-state index is 13.0. The Labute approximate surface area is 171 Å². The van der Waals surface area contributed by atoms with Crippen LogP contribution in [0.4, 0.5) is 13.2 Å². The van der Waals surface area contributed by atoms with Gasteiger partial charge in [0, 0.05) is 51.4 Å². The molecule has 3 unspecified atom stereocenters. The van der Waals surface area contributed by atoms with Crippen molar-refractivity contribution in [2.45, 2.75) is 50.9 Å². The number of hydrogen-bond acceptors (Lipinski definition) is 3. The first-order chi connectivity index (χ1) is 12.0. The topological polar surface area (TPSA) is 42.9 Å². The molecule has 3 saturated heterocycles. The maximum absolute atomic E-state index is 13.0. The molecule has 3 heterocycles. The first kappa shape index (κ1) is 22.0. The van der Waals surface area contributed by atoms with Crippen LogP contribution in [0.3, 0.4) is 0 Å². The molecule has 4 fully saturated rings. The van der Waals surface area contributed by atoms with E-state index in [0.29, 0.717) is 31.5 Å². The predicted molar refractivity (Wildman–Crippen MR) is 108 cm³/mol. The summed E-state index contributed by atoms with van der Waals surface area (Å²) in [6.07, 6.45) is -2.29. The fourth-order valence-corrected chi connectivity index (χ4v) is 4.23. The summed E-state index contributed by atoms with van der Waals surface area (Å²) in [6, 6.07) is 0.275. The van der Waals surface area contributed by atoms with Crippen LogP contribution >= 0.6 is 24.0 Å². The number of fused-ring (bicyclic) bond motifs is 3. The number of aliphatic imine (C=N–C) groups is 1. The Kier molecular flexibility index (Phi) is 8.27. The van der Waals surface area contributed by atoms with Crippen LogP contribution < -0.4 is 10.6 Å². The number of halogens is 4. The highest BCUT2D eigenvalue weighted by Crippen LogP contribution is 2.37. The van der Waals surface area contributed by atoms with Gasteiger partial charge in [0.05, 0.1) is 12.5 Å². The van der Waals surface area contributed by atoms with E-state index in [1.807, 2.05) is 6.92 Å². The fraction of sp³-hybridized carbons (Fsp3) is 0.941. The van der Waals surface area contributed by atoms with Crippen LogP contribution in [0.5, 0.6) is 0 Å². The molecule has 9 heteroatoms. The van der Waals surface area contributed by atoms with Crippen LogP contribution in [0.25, 0.3) is 0 Å². The molecule has 4 rings (SSSR count). The van der Waals surface area contributed by atoms with Gasteiger partial charge in [-0.05, 0) is 26.2 Å². The Bertz CT molecular complexity index is 466. The Morgan fingerprint density at radius 3 is 2.46 bits per heavy atom. The van der Waals surface area contributed by atoms with Gasteiger partial charge in [0.25, 0.3) is 0 Å². The van der Waals surface area contributed by atoms with Crippen LogP contribution in [0, 0.1) is 5.92 Å². The summed E-state index contributed by atoms with van der Waals surface area (Å²) in [6.45, 7) is 8.90. The lowest BCUT2D eigenvalue weighted by atomic mass is 9.85. The number of nitrogens with zero attached hydrogens (tertiary/aromatic N) is 3. The highest BCUT2D eigenvalue weighted by atomic mass is 127. The molecule has 1 aliphatic carbocycles. The van der Waals surface area contributed by atoms with Gasteiger partial charge in [-0.1, -0.05) is 6.42 Å². The summed E-state index contributed by atoms with van der Waals surface area (Å²) in [5.74, 6) is -0.525. The zero-order chi connectivity index (χ0) is 17.9. The highest BCUT2D eigenvalue weighted by molar-refractivity contribution is 14.0. The van der Waals surface area contributed by atoms with Crippen molar-refractivity contribution in [1.82, 2.24) is 20.4 Å². The van der Waals surface area contributed by atoms with Crippen LogP contribution in [-0.2, 0) is 0 Å². The van der Waals surface area contributed by atoms with Gasteiger partial charge >= 0.3 is 6.18 Å². The molecule has 3 aliphatic heterocycles. The molecule has 0 radical (unpaired) electrons. The minimum Gasteiger partial charge on any atom is -0.357 e. The van der Waals surface area contributed by atoms with E-state index in [9.17, 15) is 13.2 Å². The van der Waals surface area contributed by atoms with E-state index in [4.69, 9.17) is 0 Å². The first-order valence-electron chi connectivity index (χ1n) is 9.53. The average Bonchev–Trinajstić information content (AvgIpc) is 2.60. The first-order valence-corrected chi connectivity index (χ1v) is 9.53. The predicted octanol–water partition coefficient (Wildman–Crippen LogP) is 2.28. The highest BCUT2D eigenvalue weighted by Gasteiger charge is 2.42. The lowest BCUT2D eigenvalue weighted by molar-refractivity contribution is -0.183. The van der Waals surface area contributed by atoms with Gasteiger partial charge in [-0.3, -0.25) is 14.8 Å². The summed E-state index contributed by atoms with van der Waals surface area (Å²) < 4.78 is 39.0. The quantitative estimate of drug-likeness (QED) is 0.362. The van der Waals surface area contributed by atoms with E-state index in [0.717, 1.165) is 39.1 Å². The van der Waals surface area contributed by atoms with Crippen molar-refractivity contribution in [3.05, 3.63) is 0 Å². The number of rotatable bonds is 4. The molecule has 0 amide bonds. The number of guanidine groups is 1. The van der Waals surface area contributed by atoms with Gasteiger partial charge < -0.3 is 10.6 Å². The van der Waals surface area contributed by atoms with Crippen LogP contribution in [0.1, 0.15) is 32.6 Å². The third kappa shape index (κ3) is 5.85. The number of nitrogens with one attached hydrogen (secondary N) is 2. The molecule has 4 aliphatic rings. The molecule has 3 atom stereocenters. The average molecular weight is 489 g/mol. The second-order valence-corrected chi connectivity index (χ2v) is 7.46. The summed E-state index contributed by atoms with van der Waals surface area (Å²) in [7, 11) is 0. The van der Waals surface area contributed by atoms with E-state index < -0.39 is 12.1 Å². The molecule has 0 aromatic rings. The van der Waals surface area contributed by atoms with Crippen molar-refractivity contribution in [2.24, 2.45) is 10.9 Å². The SMILES string of the molecule is CCNC(=NCC1CN2CCN1CC2)NC1CCCC(C(F)(F)F)C1.I. The second-order valence-electron chi connectivity index (χ2n) is 7.46. The van der Waals surface area contributed by atoms with E-state index in [1.54, 1.807) is 0 Å². The Hall–Kier alpha value is -0.290. The number of hydrogen-bond donors (Lipinski definition) is 2. The summed E-state index contributed by atoms with van der Waals surface area (Å²) in [4.78, 5) is 9.63. The minimum absolute atomic E-state index is 0. The monoisotopic (exact) mass is 489 g/mol. The van der Waals surface area contributed by atoms with E-state index in [-0.39, 0.29) is 42.9 Å². The molecular formula is C17H31F3IN5. The van der Waals surface area contributed by atoms with Crippen molar-refractivity contribution >= 4 is 29.9 Å². The zero-order valence-electron chi connectivity index (χ0n) is 15.4. The Morgan fingerprint density at radius 2 is 1.88 bits per heavy atom. The second kappa shape index (κ2) is 9.77. The number of alkyl halides is 3. The van der Waals surface area contributed by atoms with Gasteiger partial charge in [0.2, 0.25) is 0 Å². The molecule has 0 spiro atoms. The molecule has 5 nitrogen and oxygen atoms in total. The summed E-state index contributed by atoms with van der Waals surface area (Å²) in [5, 5.41) is 6.44. The lowest BCUT2D eigenvalue weighted by Gasteiger charge is -2.47. The minimum atomic E-state index is -4.08. The van der Waals surface area contributed by atoms with E-state index in [1.165, 1.54) is 0 Å². The molecular weight excluding hydrogens is 458 g/mol. The molecule has 2 N–H and O–H groups in total. The third-order valence-electron chi connectivity index (χ3n) is 5.67. The van der Waals surface area contributed by atoms with E-state index in [2.05, 4.69) is 25.4 Å². The molecule has 2 bridgehead atoms. The lowest BCUT2D eigenvalue weighted by Crippen LogP contribution is -2.62. The molecule has 1 saturated carbocycles. The van der Waals surface area contributed by atoms with Crippen molar-refractivity contribution in [2.75, 3.05) is 45.8 Å². The maximum Gasteiger partial charge on any atom is 0.391 e. The van der Waals surface area contributed by atoms with Gasteiger partial charge in [0.1, 0.15) is 0 Å². The summed E-state index contributed by atoms with van der Waals surface area (Å²) in [5.41, 5.74) is 0. The van der Waals surface area contributed by atoms with Crippen LogP contribution in [-0.4, -0.2) is 79.8 Å². The van der Waals surface area contributed by atoms with Crippen molar-refractivity contribution in [3.63, 3.8) is 0 Å². The third-order valence-corrected chi connectivity index (χ3v) is 5.67. The van der Waals surface area contributed by atoms with E-state index >= 15 is 0 Å². The van der Waals surface area contributed by atoms with Crippen LogP contribution in [0.2, 0.25) is 0 Å². The zero-order valence-corrected chi connectivity index (χ0v) is 17.7. The normalized spacial score (nSPS) is 34.9. The van der Waals surface area contributed by atoms with Crippen molar-refractivity contribution in [3.8, 4) is 0 Å². The smallest absolute Gasteiger partial charge is 0.357 e. The molecule has 0 aromatic carbocycles. The van der Waals surface area contributed by atoms with Gasteiger partial charge in [-0.15, -0.1) is 24.0 Å². The largest absolute Gasteiger partial charge is 0.391 e.